The van der Waals surface area contributed by atoms with Crippen LogP contribution in [0.2, 0.25) is 0 Å². The molecular formula is C17H28N4O. The minimum Gasteiger partial charge on any atom is -0.383 e. The number of hydrogen-bond donors (Lipinski definition) is 2. The summed E-state index contributed by atoms with van der Waals surface area (Å²) >= 11 is 0. The fraction of sp³-hybridized carbons (Fsp3) is 0.647. The number of aliphatic imine (C=N–C) groups is 1. The summed E-state index contributed by atoms with van der Waals surface area (Å²) in [5.41, 5.74) is 1.10. The first-order valence-electron chi connectivity index (χ1n) is 8.32. The summed E-state index contributed by atoms with van der Waals surface area (Å²) in [4.78, 5) is 8.93. The fourth-order valence-electron chi connectivity index (χ4n) is 2.70. The Balaban J connectivity index is 1.79. The molecule has 1 aliphatic carbocycles. The van der Waals surface area contributed by atoms with Crippen molar-refractivity contribution in [1.82, 2.24) is 15.6 Å². The maximum atomic E-state index is 5.08. The van der Waals surface area contributed by atoms with E-state index in [1.807, 2.05) is 18.3 Å². The van der Waals surface area contributed by atoms with Crippen LogP contribution in [0.15, 0.2) is 29.4 Å². The summed E-state index contributed by atoms with van der Waals surface area (Å²) in [7, 11) is 1.71. The number of nitrogens with one attached hydrogen (secondary N) is 2. The van der Waals surface area contributed by atoms with Crippen molar-refractivity contribution in [2.75, 3.05) is 26.8 Å². The Labute approximate surface area is 133 Å². The van der Waals surface area contributed by atoms with Crippen LogP contribution in [0.1, 0.15) is 37.8 Å². The highest BCUT2D eigenvalue weighted by Gasteiger charge is 2.14. The lowest BCUT2D eigenvalue weighted by Crippen LogP contribution is -2.45. The third-order valence-corrected chi connectivity index (χ3v) is 3.91. The molecule has 0 saturated heterocycles. The van der Waals surface area contributed by atoms with Gasteiger partial charge in [-0.3, -0.25) is 9.98 Å². The first-order chi connectivity index (χ1) is 10.9. The molecule has 0 unspecified atom stereocenters. The molecule has 1 aliphatic rings. The Bertz CT molecular complexity index is 430. The van der Waals surface area contributed by atoms with E-state index in [4.69, 9.17) is 4.74 Å². The van der Waals surface area contributed by atoms with Crippen LogP contribution in [-0.2, 0) is 11.2 Å². The van der Waals surface area contributed by atoms with Gasteiger partial charge in [0.05, 0.1) is 13.2 Å². The molecule has 0 radical (unpaired) electrons. The van der Waals surface area contributed by atoms with Gasteiger partial charge in [-0.2, -0.15) is 0 Å². The molecule has 1 heterocycles. The molecule has 1 saturated carbocycles. The van der Waals surface area contributed by atoms with Gasteiger partial charge in [-0.25, -0.2) is 0 Å². The molecule has 5 nitrogen and oxygen atoms in total. The van der Waals surface area contributed by atoms with Gasteiger partial charge in [0.1, 0.15) is 0 Å². The van der Waals surface area contributed by atoms with Gasteiger partial charge < -0.3 is 15.4 Å². The zero-order valence-electron chi connectivity index (χ0n) is 13.6. The summed E-state index contributed by atoms with van der Waals surface area (Å²) in [6.07, 6.45) is 9.21. The van der Waals surface area contributed by atoms with Gasteiger partial charge in [-0.05, 0) is 25.0 Å². The number of aromatic nitrogens is 1. The van der Waals surface area contributed by atoms with Gasteiger partial charge in [0.15, 0.2) is 5.96 Å². The highest BCUT2D eigenvalue weighted by molar-refractivity contribution is 5.80. The third-order valence-electron chi connectivity index (χ3n) is 3.91. The summed E-state index contributed by atoms with van der Waals surface area (Å²) in [5.74, 6) is 0.903. The maximum Gasteiger partial charge on any atom is 0.191 e. The maximum absolute atomic E-state index is 5.08. The first kappa shape index (κ1) is 16.7. The van der Waals surface area contributed by atoms with E-state index in [0.717, 1.165) is 24.6 Å². The van der Waals surface area contributed by atoms with Crippen LogP contribution in [-0.4, -0.2) is 43.8 Å². The normalized spacial score (nSPS) is 16.5. The Kier molecular flexibility index (Phi) is 7.74. The third kappa shape index (κ3) is 6.43. The lowest BCUT2D eigenvalue weighted by molar-refractivity contribution is 0.207. The van der Waals surface area contributed by atoms with Crippen molar-refractivity contribution < 1.29 is 4.74 Å². The van der Waals surface area contributed by atoms with E-state index in [0.29, 0.717) is 19.2 Å². The molecule has 1 aromatic heterocycles. The van der Waals surface area contributed by atoms with Crippen LogP contribution in [0.4, 0.5) is 0 Å². The zero-order chi connectivity index (χ0) is 15.5. The SMILES string of the molecule is COCCN=C(NCCc1ccccn1)NC1CCCCC1. The van der Waals surface area contributed by atoms with E-state index in [1.54, 1.807) is 7.11 Å². The van der Waals surface area contributed by atoms with Crippen molar-refractivity contribution in [3.05, 3.63) is 30.1 Å². The number of hydrogen-bond acceptors (Lipinski definition) is 3. The van der Waals surface area contributed by atoms with E-state index in [-0.39, 0.29) is 0 Å². The largest absolute Gasteiger partial charge is 0.383 e. The number of ether oxygens (including phenoxy) is 1. The molecular weight excluding hydrogens is 276 g/mol. The van der Waals surface area contributed by atoms with E-state index in [2.05, 4.69) is 26.7 Å². The minimum absolute atomic E-state index is 0.553. The lowest BCUT2D eigenvalue weighted by atomic mass is 9.96. The van der Waals surface area contributed by atoms with Crippen molar-refractivity contribution in [2.24, 2.45) is 4.99 Å². The average Bonchev–Trinajstić information content (AvgIpc) is 2.57. The molecule has 0 aromatic carbocycles. The van der Waals surface area contributed by atoms with Gasteiger partial charge in [0.25, 0.3) is 0 Å². The number of guanidine groups is 1. The monoisotopic (exact) mass is 304 g/mol. The number of nitrogens with zero attached hydrogens (tertiary/aromatic N) is 2. The first-order valence-corrected chi connectivity index (χ1v) is 8.32. The van der Waals surface area contributed by atoms with Crippen LogP contribution in [0.5, 0.6) is 0 Å². The smallest absolute Gasteiger partial charge is 0.191 e. The van der Waals surface area contributed by atoms with Gasteiger partial charge in [0, 0.05) is 38.0 Å². The Hall–Kier alpha value is -1.62. The van der Waals surface area contributed by atoms with Crippen LogP contribution in [0.25, 0.3) is 0 Å². The molecule has 0 aliphatic heterocycles. The zero-order valence-corrected chi connectivity index (χ0v) is 13.6. The number of methoxy groups -OCH3 is 1. The van der Waals surface area contributed by atoms with E-state index in [9.17, 15) is 0 Å². The molecule has 1 fully saturated rings. The Morgan fingerprint density at radius 1 is 1.32 bits per heavy atom. The molecule has 0 bridgehead atoms. The van der Waals surface area contributed by atoms with Gasteiger partial charge in [-0.1, -0.05) is 25.3 Å². The van der Waals surface area contributed by atoms with Crippen molar-refractivity contribution in [3.63, 3.8) is 0 Å². The van der Waals surface area contributed by atoms with Gasteiger partial charge >= 0.3 is 0 Å². The molecule has 0 amide bonds. The second-order valence-electron chi connectivity index (χ2n) is 5.70. The highest BCUT2D eigenvalue weighted by Crippen LogP contribution is 2.17. The summed E-state index contributed by atoms with van der Waals surface area (Å²) < 4.78 is 5.08. The second kappa shape index (κ2) is 10.2. The van der Waals surface area contributed by atoms with E-state index < -0.39 is 0 Å². The van der Waals surface area contributed by atoms with Crippen LogP contribution in [0, 0.1) is 0 Å². The van der Waals surface area contributed by atoms with E-state index >= 15 is 0 Å². The Morgan fingerprint density at radius 2 is 2.18 bits per heavy atom. The number of rotatable bonds is 7. The summed E-state index contributed by atoms with van der Waals surface area (Å²) in [6, 6.07) is 6.57. The molecule has 5 heteroatoms. The summed E-state index contributed by atoms with van der Waals surface area (Å²) in [6.45, 7) is 2.17. The topological polar surface area (TPSA) is 58.5 Å². The van der Waals surface area contributed by atoms with Crippen LogP contribution in [0.3, 0.4) is 0 Å². The van der Waals surface area contributed by atoms with Gasteiger partial charge in [0.2, 0.25) is 0 Å². The van der Waals surface area contributed by atoms with Gasteiger partial charge in [-0.15, -0.1) is 0 Å². The van der Waals surface area contributed by atoms with E-state index in [1.165, 1.54) is 32.1 Å². The Morgan fingerprint density at radius 3 is 2.91 bits per heavy atom. The summed E-state index contributed by atoms with van der Waals surface area (Å²) in [5, 5.41) is 6.98. The van der Waals surface area contributed by atoms with Crippen molar-refractivity contribution in [2.45, 2.75) is 44.6 Å². The molecule has 2 N–H and O–H groups in total. The number of pyridine rings is 1. The highest BCUT2D eigenvalue weighted by atomic mass is 16.5. The molecule has 2 rings (SSSR count). The predicted molar refractivity (Wildman–Crippen MR) is 90.1 cm³/mol. The predicted octanol–water partition coefficient (Wildman–Crippen LogP) is 2.14. The molecule has 22 heavy (non-hydrogen) atoms. The lowest BCUT2D eigenvalue weighted by Gasteiger charge is -2.25. The minimum atomic E-state index is 0.553. The van der Waals surface area contributed by atoms with Crippen molar-refractivity contribution in [3.8, 4) is 0 Å². The molecule has 0 atom stereocenters. The fourth-order valence-corrected chi connectivity index (χ4v) is 2.70. The molecule has 1 aromatic rings. The van der Waals surface area contributed by atoms with Crippen LogP contribution >= 0.6 is 0 Å². The standard InChI is InChI=1S/C17H28N4O/c1-22-14-13-20-17(21-16-8-3-2-4-9-16)19-12-10-15-7-5-6-11-18-15/h5-7,11,16H,2-4,8-10,12-14H2,1H3,(H2,19,20,21). The van der Waals surface area contributed by atoms with Crippen molar-refractivity contribution >= 4 is 5.96 Å². The van der Waals surface area contributed by atoms with Crippen LogP contribution < -0.4 is 10.6 Å². The molecule has 0 spiro atoms. The van der Waals surface area contributed by atoms with Crippen molar-refractivity contribution in [1.29, 1.82) is 0 Å². The quantitative estimate of drug-likeness (QED) is 0.460. The molecule has 122 valence electrons. The average molecular weight is 304 g/mol. The second-order valence-corrected chi connectivity index (χ2v) is 5.70.